The monoisotopic (exact) mass is 465 g/mol. The summed E-state index contributed by atoms with van der Waals surface area (Å²) in [6, 6.07) is 9.65. The molecule has 1 spiro atoms. The minimum Gasteiger partial charge on any atom is -0.392 e. The lowest BCUT2D eigenvalue weighted by molar-refractivity contribution is -0.284. The predicted molar refractivity (Wildman–Crippen MR) is 130 cm³/mol. The Kier molecular flexibility index (Phi) is 6.94. The number of hydrogen-bond acceptors (Lipinski definition) is 5. The maximum absolute atomic E-state index is 14.0. The van der Waals surface area contributed by atoms with Crippen molar-refractivity contribution in [3.05, 3.63) is 71.3 Å². The van der Waals surface area contributed by atoms with Gasteiger partial charge in [0.15, 0.2) is 5.78 Å². The second-order valence-electron chi connectivity index (χ2n) is 10.2. The Balaban J connectivity index is 1.89. The van der Waals surface area contributed by atoms with Gasteiger partial charge in [-0.15, -0.1) is 0 Å². The third-order valence-electron chi connectivity index (χ3n) is 8.30. The zero-order valence-corrected chi connectivity index (χ0v) is 20.3. The molecule has 8 atom stereocenters. The van der Waals surface area contributed by atoms with Crippen molar-refractivity contribution in [3.8, 4) is 0 Å². The lowest BCUT2D eigenvalue weighted by atomic mass is 9.55. The van der Waals surface area contributed by atoms with Gasteiger partial charge in [-0.05, 0) is 49.8 Å². The second-order valence-corrected chi connectivity index (χ2v) is 10.2. The second kappa shape index (κ2) is 9.61. The Morgan fingerprint density at radius 2 is 1.79 bits per heavy atom. The standard InChI is InChI=1S/C28H35NO5/c1-16-9-8-12-21-26(34-33)19(4)18(3)24-22(15-20-10-6-5-7-11-20)29-27(32)28(21,24)23(30)14-13-17(2)25(16)31/h5-8,10-14,16-17,21-22,24-26,31,33H,9,15H2,1-4H3,(H,29,32)/b12-8+,14-13+/t16-,17-,21-,22-,24-,25+,26+,28+/m1/s1. The molecule has 2 aliphatic carbocycles. The van der Waals surface area contributed by atoms with Gasteiger partial charge in [0.1, 0.15) is 11.5 Å². The molecule has 1 aliphatic heterocycles. The topological polar surface area (TPSA) is 95.9 Å². The van der Waals surface area contributed by atoms with E-state index >= 15 is 0 Å². The number of carbonyl (C=O) groups excluding carboxylic acids is 2. The molecule has 1 fully saturated rings. The lowest BCUT2D eigenvalue weighted by Crippen LogP contribution is -2.55. The molecule has 1 aromatic carbocycles. The minimum absolute atomic E-state index is 0.0328. The highest BCUT2D eigenvalue weighted by molar-refractivity contribution is 6.14. The van der Waals surface area contributed by atoms with Crippen LogP contribution in [0.2, 0.25) is 0 Å². The van der Waals surface area contributed by atoms with Crippen LogP contribution >= 0.6 is 0 Å². The van der Waals surface area contributed by atoms with Gasteiger partial charge < -0.3 is 10.4 Å². The number of hydrogen-bond donors (Lipinski definition) is 3. The van der Waals surface area contributed by atoms with Crippen molar-refractivity contribution in [2.45, 2.75) is 58.8 Å². The summed E-state index contributed by atoms with van der Waals surface area (Å²) in [6.07, 6.45) is 6.69. The number of amides is 1. The Bertz CT molecular complexity index is 1030. The van der Waals surface area contributed by atoms with Crippen molar-refractivity contribution in [2.24, 2.45) is 29.1 Å². The average molecular weight is 466 g/mol. The summed E-state index contributed by atoms with van der Waals surface area (Å²) < 4.78 is 0. The van der Waals surface area contributed by atoms with E-state index in [1.165, 1.54) is 6.08 Å². The number of aliphatic hydroxyl groups excluding tert-OH is 1. The molecule has 0 radical (unpaired) electrons. The van der Waals surface area contributed by atoms with Crippen molar-refractivity contribution in [2.75, 3.05) is 0 Å². The first-order valence-electron chi connectivity index (χ1n) is 12.1. The van der Waals surface area contributed by atoms with E-state index in [9.17, 15) is 20.0 Å². The van der Waals surface area contributed by atoms with Gasteiger partial charge in [-0.3, -0.25) is 14.8 Å². The fourth-order valence-corrected chi connectivity index (χ4v) is 6.26. The number of ketones is 1. The summed E-state index contributed by atoms with van der Waals surface area (Å²) in [7, 11) is 0. The van der Waals surface area contributed by atoms with Crippen molar-refractivity contribution < 1.29 is 24.8 Å². The first kappa shape index (κ1) is 24.6. The summed E-state index contributed by atoms with van der Waals surface area (Å²) >= 11 is 0. The highest BCUT2D eigenvalue weighted by atomic mass is 17.1. The van der Waals surface area contributed by atoms with Gasteiger partial charge in [0.25, 0.3) is 0 Å². The fraction of sp³-hybridized carbons (Fsp3) is 0.500. The molecular weight excluding hydrogens is 430 g/mol. The van der Waals surface area contributed by atoms with Crippen molar-refractivity contribution >= 4 is 11.7 Å². The molecule has 0 aromatic heterocycles. The Morgan fingerprint density at radius 3 is 2.47 bits per heavy atom. The Morgan fingerprint density at radius 1 is 1.09 bits per heavy atom. The van der Waals surface area contributed by atoms with Crippen LogP contribution in [0.3, 0.4) is 0 Å². The van der Waals surface area contributed by atoms with E-state index in [4.69, 9.17) is 4.89 Å². The summed E-state index contributed by atoms with van der Waals surface area (Å²) in [5, 5.41) is 23.7. The van der Waals surface area contributed by atoms with Gasteiger partial charge in [-0.1, -0.05) is 68.0 Å². The van der Waals surface area contributed by atoms with Crippen LogP contribution in [0.15, 0.2) is 65.8 Å². The van der Waals surface area contributed by atoms with Gasteiger partial charge in [0, 0.05) is 23.8 Å². The maximum atomic E-state index is 14.0. The minimum atomic E-state index is -1.44. The van der Waals surface area contributed by atoms with Gasteiger partial charge >= 0.3 is 0 Å². The third kappa shape index (κ3) is 3.88. The molecule has 0 unspecified atom stereocenters. The van der Waals surface area contributed by atoms with E-state index in [1.54, 1.807) is 6.08 Å². The normalized spacial score (nSPS) is 40.1. The predicted octanol–water partition coefficient (Wildman–Crippen LogP) is 3.87. The highest BCUT2D eigenvalue weighted by Crippen LogP contribution is 2.55. The van der Waals surface area contributed by atoms with Crippen molar-refractivity contribution in [3.63, 3.8) is 0 Å². The number of benzene rings is 1. The Labute approximate surface area is 201 Å². The summed E-state index contributed by atoms with van der Waals surface area (Å²) in [5.74, 6) is -2.00. The lowest BCUT2D eigenvalue weighted by Gasteiger charge is -2.46. The average Bonchev–Trinajstić information content (AvgIpc) is 3.11. The summed E-state index contributed by atoms with van der Waals surface area (Å²) in [6.45, 7) is 7.67. The van der Waals surface area contributed by atoms with Crippen LogP contribution < -0.4 is 5.32 Å². The van der Waals surface area contributed by atoms with Gasteiger partial charge in [0.2, 0.25) is 5.91 Å². The van der Waals surface area contributed by atoms with Crippen LogP contribution in [0.4, 0.5) is 0 Å². The Hall–Kier alpha value is -2.54. The molecule has 1 heterocycles. The van der Waals surface area contributed by atoms with E-state index in [0.29, 0.717) is 12.8 Å². The molecule has 4 rings (SSSR count). The SMILES string of the molecule is CC1=C(C)[C@H](OO)[C@H]2/C=C/C[C@@H](C)[C@H](O)[C@H](C)/C=C/C(=O)[C@@]23C(=O)N[C@H](Cc2ccccc2)[C@@H]13. The van der Waals surface area contributed by atoms with Crippen molar-refractivity contribution in [1.29, 1.82) is 0 Å². The number of nitrogens with one attached hydrogen (secondary N) is 1. The molecule has 6 heteroatoms. The van der Waals surface area contributed by atoms with Crippen LogP contribution in [0.5, 0.6) is 0 Å². The molecule has 1 amide bonds. The molecule has 6 nitrogen and oxygen atoms in total. The molecule has 1 saturated heterocycles. The molecule has 0 bridgehead atoms. The van der Waals surface area contributed by atoms with E-state index < -0.39 is 29.5 Å². The van der Waals surface area contributed by atoms with Crippen LogP contribution in [-0.4, -0.2) is 40.3 Å². The fourth-order valence-electron chi connectivity index (χ4n) is 6.26. The number of carbonyl (C=O) groups is 2. The molecule has 3 N–H and O–H groups in total. The first-order chi connectivity index (χ1) is 16.2. The number of aliphatic hydroxyl groups is 1. The van der Waals surface area contributed by atoms with Crippen molar-refractivity contribution in [1.82, 2.24) is 5.32 Å². The summed E-state index contributed by atoms with van der Waals surface area (Å²) in [5.41, 5.74) is 1.36. The van der Waals surface area contributed by atoms with E-state index in [1.807, 2.05) is 70.2 Å². The van der Waals surface area contributed by atoms with E-state index in [2.05, 4.69) is 5.32 Å². The quantitative estimate of drug-likeness (QED) is 0.273. The number of allylic oxidation sites excluding steroid dienone is 2. The third-order valence-corrected chi connectivity index (χ3v) is 8.30. The molecule has 34 heavy (non-hydrogen) atoms. The first-order valence-corrected chi connectivity index (χ1v) is 12.1. The van der Waals surface area contributed by atoms with Crippen LogP contribution in [-0.2, 0) is 20.9 Å². The maximum Gasteiger partial charge on any atom is 0.235 e. The zero-order valence-electron chi connectivity index (χ0n) is 20.3. The van der Waals surface area contributed by atoms with E-state index in [0.717, 1.165) is 16.7 Å². The summed E-state index contributed by atoms with van der Waals surface area (Å²) in [4.78, 5) is 32.8. The molecule has 3 aliphatic rings. The molecule has 1 aromatic rings. The molecule has 0 saturated carbocycles. The van der Waals surface area contributed by atoms with Crippen LogP contribution in [0.25, 0.3) is 0 Å². The van der Waals surface area contributed by atoms with Crippen LogP contribution in [0.1, 0.15) is 39.7 Å². The smallest absolute Gasteiger partial charge is 0.235 e. The van der Waals surface area contributed by atoms with E-state index in [-0.39, 0.29) is 29.6 Å². The molecular formula is C28H35NO5. The highest BCUT2D eigenvalue weighted by Gasteiger charge is 2.66. The van der Waals surface area contributed by atoms with Gasteiger partial charge in [-0.2, -0.15) is 0 Å². The largest absolute Gasteiger partial charge is 0.392 e. The van der Waals surface area contributed by atoms with Gasteiger partial charge in [-0.25, -0.2) is 4.89 Å². The van der Waals surface area contributed by atoms with Crippen LogP contribution in [0, 0.1) is 29.1 Å². The zero-order chi connectivity index (χ0) is 24.6. The number of rotatable bonds is 3. The van der Waals surface area contributed by atoms with Gasteiger partial charge in [0.05, 0.1) is 6.10 Å². The molecule has 182 valence electrons.